The van der Waals surface area contributed by atoms with E-state index in [1.807, 2.05) is 0 Å². The second kappa shape index (κ2) is 9.79. The van der Waals surface area contributed by atoms with Crippen LogP contribution >= 0.6 is 0 Å². The smallest absolute Gasteiger partial charge is 0.0534 e. The molecule has 5 aromatic carbocycles. The lowest BCUT2D eigenvalue weighted by Crippen LogP contribution is -2.11. The van der Waals surface area contributed by atoms with Gasteiger partial charge in [-0.15, -0.1) is 0 Å². The number of nitrogens with zero attached hydrogens (tertiary/aromatic N) is 1. The first-order valence-electron chi connectivity index (χ1n) is 12.8. The van der Waals surface area contributed by atoms with Crippen LogP contribution in [0.3, 0.4) is 0 Å². The van der Waals surface area contributed by atoms with Crippen LogP contribution in [0.25, 0.3) is 23.8 Å². The molecular formula is C36H29N. The molecule has 0 saturated carbocycles. The maximum Gasteiger partial charge on any atom is 0.0534 e. The Kier molecular flexibility index (Phi) is 6.04. The molecule has 6 rings (SSSR count). The summed E-state index contributed by atoms with van der Waals surface area (Å²) >= 11 is 0. The summed E-state index contributed by atoms with van der Waals surface area (Å²) in [6, 6.07) is 43.5. The van der Waals surface area contributed by atoms with Crippen molar-refractivity contribution in [3.63, 3.8) is 0 Å². The predicted molar refractivity (Wildman–Crippen MR) is 159 cm³/mol. The summed E-state index contributed by atoms with van der Waals surface area (Å²) in [5.74, 6) is 0. The van der Waals surface area contributed by atoms with Crippen molar-refractivity contribution < 1.29 is 0 Å². The number of benzene rings is 5. The van der Waals surface area contributed by atoms with Crippen molar-refractivity contribution >= 4 is 40.9 Å². The molecule has 0 radical (unpaired) electrons. The molecule has 0 amide bonds. The Morgan fingerprint density at radius 3 is 1.59 bits per heavy atom. The minimum absolute atomic E-state index is 1.15. The molecule has 0 unspecified atom stereocenters. The minimum atomic E-state index is 1.15. The van der Waals surface area contributed by atoms with Gasteiger partial charge in [0.25, 0.3) is 0 Å². The standard InChI is InChI=1S/C36H29N/c1-26-11-9-16-31(23-26)37(32-17-10-12-27(2)24-32)36-20-8-5-15-30(36)25-35-33-18-6-3-13-28(33)21-22-29-14-4-7-19-34(29)35/h3-25H,1-2H3. The summed E-state index contributed by atoms with van der Waals surface area (Å²) in [5, 5.41) is 0. The van der Waals surface area contributed by atoms with Crippen LogP contribution in [0, 0.1) is 13.8 Å². The second-order valence-electron chi connectivity index (χ2n) is 9.64. The van der Waals surface area contributed by atoms with Crippen molar-refractivity contribution in [1.29, 1.82) is 0 Å². The molecule has 178 valence electrons. The third-order valence-electron chi connectivity index (χ3n) is 6.94. The largest absolute Gasteiger partial charge is 0.310 e. The first-order chi connectivity index (χ1) is 18.2. The minimum Gasteiger partial charge on any atom is -0.310 e. The van der Waals surface area contributed by atoms with Gasteiger partial charge in [-0.05, 0) is 94.8 Å². The van der Waals surface area contributed by atoms with E-state index in [1.165, 1.54) is 44.5 Å². The van der Waals surface area contributed by atoms with Gasteiger partial charge in [-0.25, -0.2) is 0 Å². The van der Waals surface area contributed by atoms with E-state index >= 15 is 0 Å². The average molecular weight is 476 g/mol. The van der Waals surface area contributed by atoms with Crippen LogP contribution in [0.5, 0.6) is 0 Å². The van der Waals surface area contributed by atoms with Crippen LogP contribution in [-0.4, -0.2) is 0 Å². The van der Waals surface area contributed by atoms with Crippen LogP contribution in [0.2, 0.25) is 0 Å². The highest BCUT2D eigenvalue weighted by Crippen LogP contribution is 2.41. The summed E-state index contributed by atoms with van der Waals surface area (Å²) in [5.41, 5.74) is 13.3. The summed E-state index contributed by atoms with van der Waals surface area (Å²) in [4.78, 5) is 2.37. The summed E-state index contributed by atoms with van der Waals surface area (Å²) < 4.78 is 0. The van der Waals surface area contributed by atoms with Crippen LogP contribution < -0.4 is 4.90 Å². The number of hydrogen-bond acceptors (Lipinski definition) is 1. The van der Waals surface area contributed by atoms with Crippen molar-refractivity contribution in [2.24, 2.45) is 0 Å². The Hall–Kier alpha value is -4.62. The molecule has 5 aromatic rings. The fourth-order valence-electron chi connectivity index (χ4n) is 5.19. The van der Waals surface area contributed by atoms with E-state index in [1.54, 1.807) is 0 Å². The van der Waals surface area contributed by atoms with Crippen molar-refractivity contribution in [2.45, 2.75) is 13.8 Å². The lowest BCUT2D eigenvalue weighted by atomic mass is 9.91. The van der Waals surface area contributed by atoms with Crippen molar-refractivity contribution in [2.75, 3.05) is 4.90 Å². The molecule has 1 aliphatic carbocycles. The van der Waals surface area contributed by atoms with Gasteiger partial charge in [0.15, 0.2) is 0 Å². The van der Waals surface area contributed by atoms with Crippen LogP contribution in [0.15, 0.2) is 121 Å². The van der Waals surface area contributed by atoms with Gasteiger partial charge in [0.1, 0.15) is 0 Å². The molecule has 0 fully saturated rings. The third kappa shape index (κ3) is 4.52. The van der Waals surface area contributed by atoms with Gasteiger partial charge in [0.2, 0.25) is 0 Å². The molecule has 0 heterocycles. The van der Waals surface area contributed by atoms with E-state index in [2.05, 4.69) is 158 Å². The van der Waals surface area contributed by atoms with Gasteiger partial charge in [-0.2, -0.15) is 0 Å². The monoisotopic (exact) mass is 475 g/mol. The lowest BCUT2D eigenvalue weighted by Gasteiger charge is -2.28. The first kappa shape index (κ1) is 22.8. The topological polar surface area (TPSA) is 3.24 Å². The van der Waals surface area contributed by atoms with E-state index in [0.29, 0.717) is 0 Å². The highest BCUT2D eigenvalue weighted by Gasteiger charge is 2.19. The Bertz CT molecular complexity index is 1560. The van der Waals surface area contributed by atoms with Crippen molar-refractivity contribution in [1.82, 2.24) is 0 Å². The van der Waals surface area contributed by atoms with Crippen molar-refractivity contribution in [3.8, 4) is 0 Å². The molecular weight excluding hydrogens is 446 g/mol. The molecule has 37 heavy (non-hydrogen) atoms. The molecule has 1 nitrogen and oxygen atoms in total. The number of para-hydroxylation sites is 1. The second-order valence-corrected chi connectivity index (χ2v) is 9.64. The van der Waals surface area contributed by atoms with Crippen LogP contribution in [0.4, 0.5) is 17.1 Å². The molecule has 1 heteroatoms. The van der Waals surface area contributed by atoms with Crippen LogP contribution in [0.1, 0.15) is 38.9 Å². The summed E-state index contributed by atoms with van der Waals surface area (Å²) in [7, 11) is 0. The third-order valence-corrected chi connectivity index (χ3v) is 6.94. The zero-order valence-corrected chi connectivity index (χ0v) is 21.2. The van der Waals surface area contributed by atoms with E-state index in [-0.39, 0.29) is 0 Å². The van der Waals surface area contributed by atoms with E-state index in [9.17, 15) is 0 Å². The van der Waals surface area contributed by atoms with Gasteiger partial charge >= 0.3 is 0 Å². The van der Waals surface area contributed by atoms with Gasteiger partial charge in [-0.3, -0.25) is 0 Å². The molecule has 0 spiro atoms. The normalized spacial score (nSPS) is 11.9. The molecule has 0 N–H and O–H groups in total. The Labute approximate surface area is 219 Å². The summed E-state index contributed by atoms with van der Waals surface area (Å²) in [6.07, 6.45) is 6.82. The van der Waals surface area contributed by atoms with E-state index in [0.717, 1.165) is 17.1 Å². The average Bonchev–Trinajstić information content (AvgIpc) is 3.07. The van der Waals surface area contributed by atoms with Gasteiger partial charge in [-0.1, -0.05) is 103 Å². The molecule has 0 bridgehead atoms. The van der Waals surface area contributed by atoms with Gasteiger partial charge in [0.05, 0.1) is 5.69 Å². The fourth-order valence-corrected chi connectivity index (χ4v) is 5.19. The highest BCUT2D eigenvalue weighted by molar-refractivity contribution is 6.01. The summed E-state index contributed by atoms with van der Waals surface area (Å²) in [6.45, 7) is 4.30. The number of fused-ring (bicyclic) bond motifs is 2. The number of rotatable bonds is 4. The molecule has 1 aliphatic rings. The number of hydrogen-bond donors (Lipinski definition) is 0. The Morgan fingerprint density at radius 1 is 0.514 bits per heavy atom. The number of aryl methyl sites for hydroxylation is 2. The highest BCUT2D eigenvalue weighted by atomic mass is 15.1. The van der Waals surface area contributed by atoms with Gasteiger partial charge in [0, 0.05) is 11.4 Å². The SMILES string of the molecule is Cc1cccc(N(c2cccc(C)c2)c2ccccc2C=C2c3ccccc3C=Cc3ccccc32)c1. The van der Waals surface area contributed by atoms with Crippen molar-refractivity contribution in [3.05, 3.63) is 160 Å². The molecule has 0 saturated heterocycles. The van der Waals surface area contributed by atoms with E-state index in [4.69, 9.17) is 0 Å². The zero-order chi connectivity index (χ0) is 25.2. The predicted octanol–water partition coefficient (Wildman–Crippen LogP) is 9.85. The molecule has 0 atom stereocenters. The quantitative estimate of drug-likeness (QED) is 0.245. The van der Waals surface area contributed by atoms with Crippen LogP contribution in [-0.2, 0) is 0 Å². The first-order valence-corrected chi connectivity index (χ1v) is 12.8. The van der Waals surface area contributed by atoms with E-state index < -0.39 is 0 Å². The molecule has 0 aromatic heterocycles. The Morgan fingerprint density at radius 2 is 1.03 bits per heavy atom. The zero-order valence-electron chi connectivity index (χ0n) is 21.2. The van der Waals surface area contributed by atoms with Gasteiger partial charge < -0.3 is 4.90 Å². The maximum atomic E-state index is 2.37. The fraction of sp³-hybridized carbons (Fsp3) is 0.0556. The number of anilines is 3. The lowest BCUT2D eigenvalue weighted by molar-refractivity contribution is 1.25. The maximum absolute atomic E-state index is 2.37. The molecule has 0 aliphatic heterocycles. The Balaban J connectivity index is 1.60.